The predicted octanol–water partition coefficient (Wildman–Crippen LogP) is 0.689. The van der Waals surface area contributed by atoms with Gasteiger partial charge in [-0.15, -0.1) is 0 Å². The summed E-state index contributed by atoms with van der Waals surface area (Å²) in [6.07, 6.45) is 0.637. The second kappa shape index (κ2) is 4.94. The zero-order valence-corrected chi connectivity index (χ0v) is 9.75. The summed E-state index contributed by atoms with van der Waals surface area (Å²) in [4.78, 5) is 11.5. The van der Waals surface area contributed by atoms with Gasteiger partial charge < -0.3 is 15.2 Å². The van der Waals surface area contributed by atoms with Crippen molar-refractivity contribution in [2.75, 3.05) is 13.1 Å². The van der Waals surface area contributed by atoms with E-state index in [9.17, 15) is 9.90 Å². The molecule has 0 aromatic heterocycles. The molecule has 88 valence electrons. The number of esters is 1. The van der Waals surface area contributed by atoms with E-state index in [1.165, 1.54) is 0 Å². The van der Waals surface area contributed by atoms with Crippen molar-refractivity contribution in [3.05, 3.63) is 0 Å². The van der Waals surface area contributed by atoms with Crippen molar-refractivity contribution in [2.24, 2.45) is 5.92 Å². The fourth-order valence-corrected chi connectivity index (χ4v) is 1.71. The molecule has 2 unspecified atom stereocenters. The molecule has 0 radical (unpaired) electrons. The van der Waals surface area contributed by atoms with Crippen LogP contribution in [0.15, 0.2) is 0 Å². The van der Waals surface area contributed by atoms with Crippen molar-refractivity contribution in [1.82, 2.24) is 5.32 Å². The largest absolute Gasteiger partial charge is 0.460 e. The van der Waals surface area contributed by atoms with Gasteiger partial charge in [0.1, 0.15) is 5.60 Å². The molecular weight excluding hydrogens is 194 g/mol. The molecular formula is C11H21NO3. The van der Waals surface area contributed by atoms with Gasteiger partial charge in [-0.05, 0) is 33.7 Å². The van der Waals surface area contributed by atoms with E-state index in [0.717, 1.165) is 6.54 Å². The molecule has 1 fully saturated rings. The molecule has 2 N–H and O–H groups in total. The minimum Gasteiger partial charge on any atom is -0.460 e. The fraction of sp³-hybridized carbons (Fsp3) is 0.909. The Morgan fingerprint density at radius 2 is 2.20 bits per heavy atom. The van der Waals surface area contributed by atoms with Crippen LogP contribution in [0.1, 0.15) is 33.6 Å². The third kappa shape index (κ3) is 4.62. The first kappa shape index (κ1) is 12.5. The first-order valence-corrected chi connectivity index (χ1v) is 5.49. The molecule has 0 saturated carbocycles. The topological polar surface area (TPSA) is 58.6 Å². The molecule has 2 atom stereocenters. The Balaban J connectivity index is 2.36. The zero-order valence-electron chi connectivity index (χ0n) is 9.75. The highest BCUT2D eigenvalue weighted by Crippen LogP contribution is 2.17. The third-order valence-corrected chi connectivity index (χ3v) is 2.42. The van der Waals surface area contributed by atoms with E-state index in [1.807, 2.05) is 20.8 Å². The second-order valence-corrected chi connectivity index (χ2v) is 5.11. The Morgan fingerprint density at radius 3 is 2.73 bits per heavy atom. The van der Waals surface area contributed by atoms with Crippen molar-refractivity contribution >= 4 is 5.97 Å². The van der Waals surface area contributed by atoms with Crippen LogP contribution in [0.4, 0.5) is 0 Å². The number of aliphatic hydroxyl groups is 1. The van der Waals surface area contributed by atoms with Crippen LogP contribution in [0, 0.1) is 5.92 Å². The van der Waals surface area contributed by atoms with Gasteiger partial charge in [-0.2, -0.15) is 0 Å². The van der Waals surface area contributed by atoms with Crippen LogP contribution in [-0.2, 0) is 9.53 Å². The van der Waals surface area contributed by atoms with Gasteiger partial charge in [0.2, 0.25) is 0 Å². The van der Waals surface area contributed by atoms with Crippen LogP contribution >= 0.6 is 0 Å². The smallest absolute Gasteiger partial charge is 0.306 e. The summed E-state index contributed by atoms with van der Waals surface area (Å²) in [5.41, 5.74) is -0.440. The summed E-state index contributed by atoms with van der Waals surface area (Å²) in [5, 5.41) is 12.8. The Bertz CT molecular complexity index is 222. The number of piperidine rings is 1. The molecule has 0 aromatic rings. The van der Waals surface area contributed by atoms with Crippen LogP contribution in [0.25, 0.3) is 0 Å². The SMILES string of the molecule is CC(C)(C)OC(=O)CC1CNCCC1O. The lowest BCUT2D eigenvalue weighted by Gasteiger charge is -2.29. The average molecular weight is 215 g/mol. The molecule has 1 rings (SSSR count). The van der Waals surface area contributed by atoms with E-state index >= 15 is 0 Å². The minimum atomic E-state index is -0.440. The van der Waals surface area contributed by atoms with Crippen molar-refractivity contribution in [3.8, 4) is 0 Å². The van der Waals surface area contributed by atoms with Crippen LogP contribution < -0.4 is 5.32 Å². The van der Waals surface area contributed by atoms with Crippen molar-refractivity contribution in [3.63, 3.8) is 0 Å². The summed E-state index contributed by atoms with van der Waals surface area (Å²) < 4.78 is 5.21. The van der Waals surface area contributed by atoms with Crippen LogP contribution in [0.2, 0.25) is 0 Å². The van der Waals surface area contributed by atoms with Crippen molar-refractivity contribution in [2.45, 2.75) is 45.3 Å². The first-order valence-electron chi connectivity index (χ1n) is 5.49. The molecule has 1 aliphatic rings. The number of aliphatic hydroxyl groups excluding tert-OH is 1. The van der Waals surface area contributed by atoms with E-state index in [1.54, 1.807) is 0 Å². The van der Waals surface area contributed by atoms with E-state index in [2.05, 4.69) is 5.32 Å². The van der Waals surface area contributed by atoms with E-state index in [0.29, 0.717) is 19.4 Å². The monoisotopic (exact) mass is 215 g/mol. The maximum absolute atomic E-state index is 11.5. The van der Waals surface area contributed by atoms with Crippen LogP contribution in [0.3, 0.4) is 0 Å². The van der Waals surface area contributed by atoms with Crippen molar-refractivity contribution < 1.29 is 14.6 Å². The molecule has 0 aromatic carbocycles. The van der Waals surface area contributed by atoms with E-state index < -0.39 is 5.60 Å². The summed E-state index contributed by atoms with van der Waals surface area (Å²) in [5.74, 6) is -0.233. The normalized spacial score (nSPS) is 27.5. The number of carbonyl (C=O) groups excluding carboxylic acids is 1. The lowest BCUT2D eigenvalue weighted by atomic mass is 9.93. The van der Waals surface area contributed by atoms with Gasteiger partial charge in [-0.1, -0.05) is 0 Å². The first-order chi connectivity index (χ1) is 6.88. The lowest BCUT2D eigenvalue weighted by molar-refractivity contribution is -0.157. The van der Waals surface area contributed by atoms with E-state index in [4.69, 9.17) is 4.74 Å². The Kier molecular flexibility index (Phi) is 4.11. The van der Waals surface area contributed by atoms with Crippen LogP contribution in [-0.4, -0.2) is 35.9 Å². The highest BCUT2D eigenvalue weighted by atomic mass is 16.6. The molecule has 1 aliphatic heterocycles. The zero-order chi connectivity index (χ0) is 11.5. The van der Waals surface area contributed by atoms with Gasteiger partial charge >= 0.3 is 5.97 Å². The van der Waals surface area contributed by atoms with Gasteiger partial charge in [0.25, 0.3) is 0 Å². The van der Waals surface area contributed by atoms with Crippen LogP contribution in [0.5, 0.6) is 0 Å². The summed E-state index contributed by atoms with van der Waals surface area (Å²) in [6, 6.07) is 0. The van der Waals surface area contributed by atoms with Gasteiger partial charge in [-0.25, -0.2) is 0 Å². The number of rotatable bonds is 2. The second-order valence-electron chi connectivity index (χ2n) is 5.11. The third-order valence-electron chi connectivity index (χ3n) is 2.42. The molecule has 1 saturated heterocycles. The Hall–Kier alpha value is -0.610. The molecule has 0 aliphatic carbocycles. The van der Waals surface area contributed by atoms with Gasteiger partial charge in [-0.3, -0.25) is 4.79 Å². The molecule has 15 heavy (non-hydrogen) atoms. The fourth-order valence-electron chi connectivity index (χ4n) is 1.71. The summed E-state index contributed by atoms with van der Waals surface area (Å²) in [6.45, 7) is 7.06. The predicted molar refractivity (Wildman–Crippen MR) is 57.4 cm³/mol. The number of carbonyl (C=O) groups is 1. The number of hydrogen-bond acceptors (Lipinski definition) is 4. The highest BCUT2D eigenvalue weighted by molar-refractivity contribution is 5.70. The molecule has 0 amide bonds. The molecule has 0 bridgehead atoms. The maximum Gasteiger partial charge on any atom is 0.306 e. The average Bonchev–Trinajstić information content (AvgIpc) is 2.05. The molecule has 4 heteroatoms. The van der Waals surface area contributed by atoms with Crippen molar-refractivity contribution in [1.29, 1.82) is 0 Å². The molecule has 1 heterocycles. The number of ether oxygens (including phenoxy) is 1. The Morgan fingerprint density at radius 1 is 1.53 bits per heavy atom. The highest BCUT2D eigenvalue weighted by Gasteiger charge is 2.27. The van der Waals surface area contributed by atoms with Gasteiger partial charge in [0, 0.05) is 12.5 Å². The van der Waals surface area contributed by atoms with Gasteiger partial charge in [0.05, 0.1) is 12.5 Å². The molecule has 4 nitrogen and oxygen atoms in total. The summed E-state index contributed by atoms with van der Waals surface area (Å²) in [7, 11) is 0. The standard InChI is InChI=1S/C11H21NO3/c1-11(2,3)15-10(14)6-8-7-12-5-4-9(8)13/h8-9,12-13H,4-7H2,1-3H3. The quantitative estimate of drug-likeness (QED) is 0.665. The Labute approximate surface area is 91.0 Å². The van der Waals surface area contributed by atoms with Gasteiger partial charge in [0.15, 0.2) is 0 Å². The number of nitrogens with one attached hydrogen (secondary N) is 1. The number of hydrogen-bond donors (Lipinski definition) is 2. The molecule has 0 spiro atoms. The summed E-state index contributed by atoms with van der Waals surface area (Å²) >= 11 is 0. The maximum atomic E-state index is 11.5. The lowest BCUT2D eigenvalue weighted by Crippen LogP contribution is -2.41. The van der Waals surface area contributed by atoms with E-state index in [-0.39, 0.29) is 18.0 Å². The minimum absolute atomic E-state index is 0.00593.